The summed E-state index contributed by atoms with van der Waals surface area (Å²) in [5.41, 5.74) is 2.65. The normalized spacial score (nSPS) is 13.7. The molecule has 0 aliphatic heterocycles. The summed E-state index contributed by atoms with van der Waals surface area (Å²) >= 11 is 0. The first-order valence-corrected chi connectivity index (χ1v) is 6.00. The molecule has 1 rings (SSSR count). The van der Waals surface area contributed by atoms with Gasteiger partial charge in [0.2, 0.25) is 0 Å². The lowest BCUT2D eigenvalue weighted by atomic mass is 9.97. The van der Waals surface area contributed by atoms with Gasteiger partial charge in [-0.25, -0.2) is 0 Å². The molecule has 0 fully saturated rings. The van der Waals surface area contributed by atoms with Crippen LogP contribution in [0.2, 0.25) is 0 Å². The topological polar surface area (TPSA) is 75.6 Å². The number of hydrogen-bond acceptors (Lipinski definition) is 3. The molecule has 19 heavy (non-hydrogen) atoms. The van der Waals surface area contributed by atoms with Crippen LogP contribution in [0, 0.1) is 13.8 Å². The molecule has 0 saturated carbocycles. The van der Waals surface area contributed by atoms with Crippen LogP contribution in [-0.4, -0.2) is 30.1 Å². The molecule has 0 saturated heterocycles. The van der Waals surface area contributed by atoms with E-state index in [9.17, 15) is 9.59 Å². The van der Waals surface area contributed by atoms with E-state index in [-0.39, 0.29) is 0 Å². The summed E-state index contributed by atoms with van der Waals surface area (Å²) in [6, 6.07) is 4.73. The summed E-state index contributed by atoms with van der Waals surface area (Å²) in [5.74, 6) is -1.53. The predicted octanol–water partition coefficient (Wildman–Crippen LogP) is 1.58. The van der Waals surface area contributed by atoms with Crippen molar-refractivity contribution in [1.29, 1.82) is 0 Å². The van der Waals surface area contributed by atoms with Gasteiger partial charge < -0.3 is 15.2 Å². The first-order valence-electron chi connectivity index (χ1n) is 6.00. The van der Waals surface area contributed by atoms with Gasteiger partial charge in [0.1, 0.15) is 6.04 Å². The number of carboxylic acids is 1. The third kappa shape index (κ3) is 3.54. The Bertz CT molecular complexity index is 464. The van der Waals surface area contributed by atoms with Crippen LogP contribution < -0.4 is 5.32 Å². The number of methoxy groups -OCH3 is 1. The fraction of sp³-hybridized carbons (Fsp3) is 0.429. The highest BCUT2D eigenvalue weighted by Gasteiger charge is 2.26. The number of carbonyl (C=O) groups is 2. The van der Waals surface area contributed by atoms with Crippen LogP contribution in [0.4, 0.5) is 0 Å². The number of rotatable bonds is 5. The van der Waals surface area contributed by atoms with Crippen LogP contribution in [0.5, 0.6) is 0 Å². The summed E-state index contributed by atoms with van der Waals surface area (Å²) in [7, 11) is 1.43. The van der Waals surface area contributed by atoms with E-state index in [1.807, 2.05) is 32.0 Å². The van der Waals surface area contributed by atoms with Crippen LogP contribution in [0.15, 0.2) is 18.2 Å². The van der Waals surface area contributed by atoms with Crippen molar-refractivity contribution in [1.82, 2.24) is 5.32 Å². The quantitative estimate of drug-likeness (QED) is 0.847. The molecule has 0 aliphatic carbocycles. The Balaban J connectivity index is 3.01. The van der Waals surface area contributed by atoms with E-state index in [2.05, 4.69) is 5.32 Å². The molecule has 5 nitrogen and oxygen atoms in total. The van der Waals surface area contributed by atoms with Crippen LogP contribution >= 0.6 is 0 Å². The molecular formula is C14H19NO4. The van der Waals surface area contributed by atoms with Gasteiger partial charge in [0.25, 0.3) is 5.91 Å². The second-order valence-corrected chi connectivity index (χ2v) is 4.49. The number of ether oxygens (including phenoxy) is 1. The lowest BCUT2D eigenvalue weighted by Gasteiger charge is -2.21. The van der Waals surface area contributed by atoms with E-state index >= 15 is 0 Å². The molecule has 104 valence electrons. The molecule has 1 aromatic carbocycles. The zero-order valence-corrected chi connectivity index (χ0v) is 11.6. The Hall–Kier alpha value is -1.88. The molecule has 5 heteroatoms. The second kappa shape index (κ2) is 6.33. The van der Waals surface area contributed by atoms with Gasteiger partial charge in [-0.15, -0.1) is 0 Å². The molecule has 1 unspecified atom stereocenters. The summed E-state index contributed by atoms with van der Waals surface area (Å²) in [6.45, 7) is 5.20. The molecule has 0 spiro atoms. The maximum atomic E-state index is 12.1. The Morgan fingerprint density at radius 1 is 1.26 bits per heavy atom. The Morgan fingerprint density at radius 3 is 2.21 bits per heavy atom. The molecule has 0 aromatic heterocycles. The van der Waals surface area contributed by atoms with E-state index in [1.54, 1.807) is 0 Å². The number of aryl methyl sites for hydroxylation is 2. The number of aliphatic carboxylic acids is 1. The van der Waals surface area contributed by atoms with Crippen molar-refractivity contribution in [3.63, 3.8) is 0 Å². The molecule has 0 aliphatic rings. The van der Waals surface area contributed by atoms with E-state index in [4.69, 9.17) is 9.84 Å². The number of carboxylic acid groups (broad SMARTS) is 1. The highest BCUT2D eigenvalue weighted by atomic mass is 16.5. The van der Waals surface area contributed by atoms with Crippen molar-refractivity contribution in [2.75, 3.05) is 7.11 Å². The van der Waals surface area contributed by atoms with Crippen molar-refractivity contribution in [3.8, 4) is 0 Å². The Kier molecular flexibility index (Phi) is 5.06. The zero-order valence-electron chi connectivity index (χ0n) is 11.6. The maximum absolute atomic E-state index is 12.1. The summed E-state index contributed by atoms with van der Waals surface area (Å²) < 4.78 is 5.24. The molecule has 1 amide bonds. The molecule has 2 N–H and O–H groups in total. The average Bonchev–Trinajstić information content (AvgIpc) is 2.33. The fourth-order valence-corrected chi connectivity index (χ4v) is 1.95. The van der Waals surface area contributed by atoms with Crippen molar-refractivity contribution < 1.29 is 19.4 Å². The molecule has 0 bridgehead atoms. The van der Waals surface area contributed by atoms with Gasteiger partial charge in [-0.05, 0) is 37.5 Å². The Morgan fingerprint density at radius 2 is 1.79 bits per heavy atom. The van der Waals surface area contributed by atoms with Gasteiger partial charge in [-0.2, -0.15) is 0 Å². The van der Waals surface area contributed by atoms with E-state index in [0.29, 0.717) is 0 Å². The highest BCUT2D eigenvalue weighted by Crippen LogP contribution is 2.24. The minimum absolute atomic E-state index is 0.449. The molecule has 1 aromatic rings. The van der Waals surface area contributed by atoms with Gasteiger partial charge in [0.15, 0.2) is 6.10 Å². The second-order valence-electron chi connectivity index (χ2n) is 4.49. The van der Waals surface area contributed by atoms with Crippen molar-refractivity contribution >= 4 is 11.9 Å². The van der Waals surface area contributed by atoms with E-state index in [1.165, 1.54) is 14.0 Å². The highest BCUT2D eigenvalue weighted by molar-refractivity contribution is 5.87. The molecule has 0 radical (unpaired) electrons. The standard InChI is InChI=1S/C14H19NO4/c1-8-6-5-7-9(2)11(8)12(19-4)13(16)15-10(3)14(17)18/h5-7,10,12H,1-4H3,(H,15,16)(H,17,18)/t10-,12?/m0/s1. The molecule has 0 heterocycles. The van der Waals surface area contributed by atoms with Crippen LogP contribution in [0.25, 0.3) is 0 Å². The smallest absolute Gasteiger partial charge is 0.325 e. The fourth-order valence-electron chi connectivity index (χ4n) is 1.95. The zero-order chi connectivity index (χ0) is 14.6. The van der Waals surface area contributed by atoms with Gasteiger partial charge in [-0.3, -0.25) is 9.59 Å². The lowest BCUT2D eigenvalue weighted by Crippen LogP contribution is -2.41. The van der Waals surface area contributed by atoms with Crippen molar-refractivity contribution in [2.45, 2.75) is 32.9 Å². The SMILES string of the molecule is COC(C(=O)N[C@@H](C)C(=O)O)c1c(C)cccc1C. The number of benzene rings is 1. The van der Waals surface area contributed by atoms with Crippen molar-refractivity contribution in [3.05, 3.63) is 34.9 Å². The average molecular weight is 265 g/mol. The summed E-state index contributed by atoms with van der Waals surface area (Å²) in [6.07, 6.45) is -0.803. The van der Waals surface area contributed by atoms with E-state index in [0.717, 1.165) is 16.7 Å². The molecule has 2 atom stereocenters. The molecular weight excluding hydrogens is 246 g/mol. The first-order chi connectivity index (χ1) is 8.88. The van der Waals surface area contributed by atoms with Crippen LogP contribution in [0.1, 0.15) is 29.7 Å². The van der Waals surface area contributed by atoms with Gasteiger partial charge in [-0.1, -0.05) is 18.2 Å². The minimum Gasteiger partial charge on any atom is -0.480 e. The maximum Gasteiger partial charge on any atom is 0.325 e. The Labute approximate surface area is 112 Å². The van der Waals surface area contributed by atoms with Crippen LogP contribution in [-0.2, 0) is 14.3 Å². The van der Waals surface area contributed by atoms with Gasteiger partial charge >= 0.3 is 5.97 Å². The van der Waals surface area contributed by atoms with Crippen molar-refractivity contribution in [2.24, 2.45) is 0 Å². The number of carbonyl (C=O) groups excluding carboxylic acids is 1. The van der Waals surface area contributed by atoms with Gasteiger partial charge in [0, 0.05) is 7.11 Å². The van der Waals surface area contributed by atoms with Crippen LogP contribution in [0.3, 0.4) is 0 Å². The summed E-state index contributed by atoms with van der Waals surface area (Å²) in [4.78, 5) is 22.9. The number of amides is 1. The first kappa shape index (κ1) is 15.2. The monoisotopic (exact) mass is 265 g/mol. The minimum atomic E-state index is -1.08. The third-order valence-corrected chi connectivity index (χ3v) is 3.01. The third-order valence-electron chi connectivity index (χ3n) is 3.01. The number of nitrogens with one attached hydrogen (secondary N) is 1. The summed E-state index contributed by atoms with van der Waals surface area (Å²) in [5, 5.41) is 11.2. The number of hydrogen-bond donors (Lipinski definition) is 2. The largest absolute Gasteiger partial charge is 0.480 e. The van der Waals surface area contributed by atoms with Gasteiger partial charge in [0.05, 0.1) is 0 Å². The van der Waals surface area contributed by atoms with E-state index < -0.39 is 24.0 Å². The lowest BCUT2D eigenvalue weighted by molar-refractivity contribution is -0.143. The predicted molar refractivity (Wildman–Crippen MR) is 70.9 cm³/mol.